The molecule has 0 spiro atoms. The lowest BCUT2D eigenvalue weighted by Gasteiger charge is -2.35. The first-order valence-electron chi connectivity index (χ1n) is 6.56. The van der Waals surface area contributed by atoms with Crippen LogP contribution < -0.4 is 4.90 Å². The number of anilines is 1. The van der Waals surface area contributed by atoms with Crippen LogP contribution in [0.4, 0.5) is 5.69 Å². The van der Waals surface area contributed by atoms with Crippen molar-refractivity contribution in [3.8, 4) is 0 Å². The molecule has 4 heteroatoms. The number of piperazine rings is 1. The van der Waals surface area contributed by atoms with E-state index >= 15 is 0 Å². The van der Waals surface area contributed by atoms with Crippen molar-refractivity contribution >= 4 is 17.3 Å². The maximum absolute atomic E-state index is 9.57. The van der Waals surface area contributed by atoms with Gasteiger partial charge in [0.2, 0.25) is 0 Å². The summed E-state index contributed by atoms with van der Waals surface area (Å²) in [6.45, 7) is 9.34. The molecule has 18 heavy (non-hydrogen) atoms. The summed E-state index contributed by atoms with van der Waals surface area (Å²) >= 11 is 6.20. The van der Waals surface area contributed by atoms with Crippen molar-refractivity contribution in [2.24, 2.45) is 0 Å². The standard InChI is InChI=1S/C14H21ClN2O/c1-3-16-6-8-17(9-7-16)12-4-5-13(11(2)18)14(15)10-12/h4-5,10-11,18H,3,6-9H2,1-2H3. The second-order valence-electron chi connectivity index (χ2n) is 4.80. The van der Waals surface area contributed by atoms with E-state index in [-0.39, 0.29) is 0 Å². The summed E-state index contributed by atoms with van der Waals surface area (Å²) in [6, 6.07) is 5.94. The Kier molecular flexibility index (Phi) is 4.49. The fourth-order valence-electron chi connectivity index (χ4n) is 2.37. The van der Waals surface area contributed by atoms with Crippen LogP contribution in [0.15, 0.2) is 18.2 Å². The Labute approximate surface area is 114 Å². The minimum absolute atomic E-state index is 0.511. The van der Waals surface area contributed by atoms with Crippen molar-refractivity contribution in [2.75, 3.05) is 37.6 Å². The normalized spacial score (nSPS) is 19.0. The first-order chi connectivity index (χ1) is 8.61. The van der Waals surface area contributed by atoms with Gasteiger partial charge < -0.3 is 14.9 Å². The molecule has 1 heterocycles. The van der Waals surface area contributed by atoms with Gasteiger partial charge in [-0.1, -0.05) is 24.6 Å². The third kappa shape index (κ3) is 2.97. The molecule has 0 aliphatic carbocycles. The highest BCUT2D eigenvalue weighted by Crippen LogP contribution is 2.28. The molecular formula is C14H21ClN2O. The van der Waals surface area contributed by atoms with E-state index in [1.807, 2.05) is 12.1 Å². The monoisotopic (exact) mass is 268 g/mol. The smallest absolute Gasteiger partial charge is 0.0776 e. The Morgan fingerprint density at radius 2 is 1.94 bits per heavy atom. The molecule has 1 atom stereocenters. The lowest BCUT2D eigenvalue weighted by Crippen LogP contribution is -2.46. The summed E-state index contributed by atoms with van der Waals surface area (Å²) in [5.41, 5.74) is 1.95. The number of hydrogen-bond acceptors (Lipinski definition) is 3. The molecule has 0 radical (unpaired) electrons. The van der Waals surface area contributed by atoms with Crippen LogP contribution in [0.25, 0.3) is 0 Å². The number of aliphatic hydroxyl groups is 1. The number of halogens is 1. The highest BCUT2D eigenvalue weighted by molar-refractivity contribution is 6.31. The van der Waals surface area contributed by atoms with Gasteiger partial charge in [-0.05, 0) is 31.2 Å². The second kappa shape index (κ2) is 5.91. The summed E-state index contributed by atoms with van der Waals surface area (Å²) in [4.78, 5) is 4.80. The van der Waals surface area contributed by atoms with Crippen molar-refractivity contribution in [3.05, 3.63) is 28.8 Å². The molecule has 1 unspecified atom stereocenters. The molecule has 100 valence electrons. The molecule has 1 aromatic rings. The number of hydrogen-bond donors (Lipinski definition) is 1. The third-order valence-corrected chi connectivity index (χ3v) is 3.95. The minimum Gasteiger partial charge on any atom is -0.389 e. The van der Waals surface area contributed by atoms with Crippen LogP contribution >= 0.6 is 11.6 Å². The van der Waals surface area contributed by atoms with Crippen molar-refractivity contribution in [1.82, 2.24) is 4.90 Å². The molecule has 0 amide bonds. The average molecular weight is 269 g/mol. The topological polar surface area (TPSA) is 26.7 Å². The number of aliphatic hydroxyl groups excluding tert-OH is 1. The fraction of sp³-hybridized carbons (Fsp3) is 0.571. The maximum Gasteiger partial charge on any atom is 0.0776 e. The summed E-state index contributed by atoms with van der Waals surface area (Å²) < 4.78 is 0. The maximum atomic E-state index is 9.57. The van der Waals surface area contributed by atoms with Crippen molar-refractivity contribution in [1.29, 1.82) is 0 Å². The number of rotatable bonds is 3. The summed E-state index contributed by atoms with van der Waals surface area (Å²) in [7, 11) is 0. The Bertz CT molecular complexity index is 401. The van der Waals surface area contributed by atoms with Gasteiger partial charge in [-0.25, -0.2) is 0 Å². The minimum atomic E-state index is -0.511. The van der Waals surface area contributed by atoms with Crippen molar-refractivity contribution in [2.45, 2.75) is 20.0 Å². The van der Waals surface area contributed by atoms with Crippen molar-refractivity contribution < 1.29 is 5.11 Å². The van der Waals surface area contributed by atoms with E-state index in [1.165, 1.54) is 0 Å². The molecule has 1 saturated heterocycles. The lowest BCUT2D eigenvalue weighted by molar-refractivity contribution is 0.199. The van der Waals surface area contributed by atoms with Crippen LogP contribution in [0.3, 0.4) is 0 Å². The zero-order valence-corrected chi connectivity index (χ0v) is 11.8. The van der Waals surface area contributed by atoms with Gasteiger partial charge in [0.15, 0.2) is 0 Å². The number of likely N-dealkylation sites (N-methyl/N-ethyl adjacent to an activating group) is 1. The molecule has 3 nitrogen and oxygen atoms in total. The van der Waals surface area contributed by atoms with Gasteiger partial charge in [-0.3, -0.25) is 0 Å². The Balaban J connectivity index is 2.08. The molecule has 0 saturated carbocycles. The zero-order chi connectivity index (χ0) is 13.1. The lowest BCUT2D eigenvalue weighted by atomic mass is 10.1. The predicted molar refractivity (Wildman–Crippen MR) is 76.4 cm³/mol. The Hall–Kier alpha value is -0.770. The van der Waals surface area contributed by atoms with Gasteiger partial charge in [0.1, 0.15) is 0 Å². The summed E-state index contributed by atoms with van der Waals surface area (Å²) in [6.07, 6.45) is -0.511. The predicted octanol–water partition coefficient (Wildman–Crippen LogP) is 2.54. The van der Waals surface area contributed by atoms with Crippen LogP contribution in [-0.2, 0) is 0 Å². The molecular weight excluding hydrogens is 248 g/mol. The van der Waals surface area contributed by atoms with Gasteiger partial charge in [0.05, 0.1) is 6.10 Å². The van der Waals surface area contributed by atoms with E-state index in [0.29, 0.717) is 5.02 Å². The van der Waals surface area contributed by atoms with Crippen molar-refractivity contribution in [3.63, 3.8) is 0 Å². The first kappa shape index (κ1) is 13.7. The quantitative estimate of drug-likeness (QED) is 0.913. The van der Waals surface area contributed by atoms with Crippen LogP contribution in [0.5, 0.6) is 0 Å². The Morgan fingerprint density at radius 1 is 1.28 bits per heavy atom. The fourth-order valence-corrected chi connectivity index (χ4v) is 2.71. The van der Waals surface area contributed by atoms with E-state index in [9.17, 15) is 5.11 Å². The summed E-state index contributed by atoms with van der Waals surface area (Å²) in [5.74, 6) is 0. The van der Waals surface area contributed by atoms with Crippen LogP contribution in [0.1, 0.15) is 25.5 Å². The molecule has 1 aliphatic rings. The molecule has 1 fully saturated rings. The Morgan fingerprint density at radius 3 is 2.44 bits per heavy atom. The van der Waals surface area contributed by atoms with E-state index in [1.54, 1.807) is 6.92 Å². The zero-order valence-electron chi connectivity index (χ0n) is 11.1. The summed E-state index contributed by atoms with van der Waals surface area (Å²) in [5, 5.41) is 10.2. The van der Waals surface area contributed by atoms with Gasteiger partial charge in [0.25, 0.3) is 0 Å². The molecule has 2 rings (SSSR count). The molecule has 1 N–H and O–H groups in total. The first-order valence-corrected chi connectivity index (χ1v) is 6.94. The largest absolute Gasteiger partial charge is 0.389 e. The van der Waals surface area contributed by atoms with Gasteiger partial charge in [0, 0.05) is 36.9 Å². The molecule has 0 aromatic heterocycles. The number of benzene rings is 1. The van der Waals surface area contributed by atoms with Crippen LogP contribution in [0.2, 0.25) is 5.02 Å². The van der Waals surface area contributed by atoms with E-state index in [2.05, 4.69) is 22.8 Å². The molecule has 1 aromatic carbocycles. The van der Waals surface area contributed by atoms with Gasteiger partial charge >= 0.3 is 0 Å². The van der Waals surface area contributed by atoms with Gasteiger partial charge in [-0.2, -0.15) is 0 Å². The van der Waals surface area contributed by atoms with Crippen LogP contribution in [0, 0.1) is 0 Å². The second-order valence-corrected chi connectivity index (χ2v) is 5.21. The molecule has 0 bridgehead atoms. The van der Waals surface area contributed by atoms with Crippen LogP contribution in [-0.4, -0.2) is 42.7 Å². The average Bonchev–Trinajstić information content (AvgIpc) is 2.38. The highest BCUT2D eigenvalue weighted by Gasteiger charge is 2.17. The molecule has 1 aliphatic heterocycles. The van der Waals surface area contributed by atoms with Gasteiger partial charge in [-0.15, -0.1) is 0 Å². The SMILES string of the molecule is CCN1CCN(c2ccc(C(C)O)c(Cl)c2)CC1. The van der Waals surface area contributed by atoms with E-state index < -0.39 is 6.10 Å². The third-order valence-electron chi connectivity index (χ3n) is 3.62. The van der Waals surface area contributed by atoms with E-state index in [4.69, 9.17) is 11.6 Å². The van der Waals surface area contributed by atoms with E-state index in [0.717, 1.165) is 44.0 Å². The highest BCUT2D eigenvalue weighted by atomic mass is 35.5. The number of nitrogens with zero attached hydrogens (tertiary/aromatic N) is 2.